The number of carbonyl (C=O) groups is 2. The first-order chi connectivity index (χ1) is 11.0. The van der Waals surface area contributed by atoms with E-state index in [1.807, 2.05) is 13.0 Å². The SMILES string of the molecule is Cc1ccc(NC(=O)C(=O)c2c[nH]c3ccc(F)cc23)cc1Br. The standard InChI is InChI=1S/C17H12BrFN2O2/c1-9-2-4-11(7-14(9)18)21-17(23)16(22)13-8-20-15-5-3-10(19)6-12(13)15/h2-8,20H,1H3,(H,21,23). The number of H-pyrrole nitrogens is 1. The Morgan fingerprint density at radius 2 is 1.96 bits per heavy atom. The lowest BCUT2D eigenvalue weighted by Crippen LogP contribution is -2.22. The van der Waals surface area contributed by atoms with Crippen LogP contribution in [-0.4, -0.2) is 16.7 Å². The van der Waals surface area contributed by atoms with E-state index >= 15 is 0 Å². The summed E-state index contributed by atoms with van der Waals surface area (Å²) in [6.07, 6.45) is 1.41. The zero-order valence-electron chi connectivity index (χ0n) is 12.1. The number of Topliss-reactive ketones (excluding diaryl/α,β-unsaturated/α-hetero) is 1. The van der Waals surface area contributed by atoms with Crippen molar-refractivity contribution in [2.45, 2.75) is 6.92 Å². The molecule has 0 aliphatic heterocycles. The van der Waals surface area contributed by atoms with Gasteiger partial charge in [0.25, 0.3) is 11.7 Å². The van der Waals surface area contributed by atoms with Crippen molar-refractivity contribution < 1.29 is 14.0 Å². The van der Waals surface area contributed by atoms with Gasteiger partial charge in [0.1, 0.15) is 5.82 Å². The number of hydrogen-bond acceptors (Lipinski definition) is 2. The zero-order valence-corrected chi connectivity index (χ0v) is 13.7. The molecule has 0 fully saturated rings. The van der Waals surface area contributed by atoms with Crippen LogP contribution < -0.4 is 5.32 Å². The maximum atomic E-state index is 13.4. The van der Waals surface area contributed by atoms with Crippen LogP contribution in [0.2, 0.25) is 0 Å². The molecule has 1 aromatic heterocycles. The number of nitrogens with one attached hydrogen (secondary N) is 2. The van der Waals surface area contributed by atoms with Crippen LogP contribution in [0.3, 0.4) is 0 Å². The van der Waals surface area contributed by atoms with Gasteiger partial charge in [-0.15, -0.1) is 0 Å². The predicted octanol–water partition coefficient (Wildman–Crippen LogP) is 4.20. The number of aromatic amines is 1. The second-order valence-corrected chi connectivity index (χ2v) is 5.99. The van der Waals surface area contributed by atoms with Crippen LogP contribution in [0, 0.1) is 12.7 Å². The van der Waals surface area contributed by atoms with E-state index < -0.39 is 17.5 Å². The number of amides is 1. The zero-order chi connectivity index (χ0) is 16.6. The Morgan fingerprint density at radius 3 is 2.70 bits per heavy atom. The van der Waals surface area contributed by atoms with Crippen LogP contribution in [0.25, 0.3) is 10.9 Å². The van der Waals surface area contributed by atoms with Crippen molar-refractivity contribution in [3.8, 4) is 0 Å². The molecule has 0 aliphatic carbocycles. The molecule has 0 spiro atoms. The van der Waals surface area contributed by atoms with Gasteiger partial charge in [0.15, 0.2) is 0 Å². The monoisotopic (exact) mass is 374 g/mol. The number of aryl methyl sites for hydroxylation is 1. The first-order valence-corrected chi connectivity index (χ1v) is 7.63. The fourth-order valence-corrected chi connectivity index (χ4v) is 2.64. The molecule has 0 bridgehead atoms. The summed E-state index contributed by atoms with van der Waals surface area (Å²) >= 11 is 3.37. The van der Waals surface area contributed by atoms with Crippen LogP contribution in [0.15, 0.2) is 47.1 Å². The highest BCUT2D eigenvalue weighted by atomic mass is 79.9. The number of hydrogen-bond donors (Lipinski definition) is 2. The topological polar surface area (TPSA) is 62.0 Å². The maximum Gasteiger partial charge on any atom is 0.296 e. The van der Waals surface area contributed by atoms with Crippen LogP contribution in [0.4, 0.5) is 10.1 Å². The normalized spacial score (nSPS) is 10.7. The van der Waals surface area contributed by atoms with Crippen LogP contribution in [0.1, 0.15) is 15.9 Å². The van der Waals surface area contributed by atoms with Gasteiger partial charge in [-0.25, -0.2) is 4.39 Å². The van der Waals surface area contributed by atoms with E-state index in [2.05, 4.69) is 26.2 Å². The Balaban J connectivity index is 1.87. The van der Waals surface area contributed by atoms with Crippen molar-refractivity contribution in [3.05, 3.63) is 64.0 Å². The summed E-state index contributed by atoms with van der Waals surface area (Å²) in [7, 11) is 0. The molecule has 0 atom stereocenters. The first kappa shape index (κ1) is 15.4. The molecule has 0 aliphatic rings. The molecular weight excluding hydrogens is 363 g/mol. The fourth-order valence-electron chi connectivity index (χ4n) is 2.26. The number of halogens is 2. The van der Waals surface area contributed by atoms with Gasteiger partial charge in [-0.3, -0.25) is 9.59 Å². The second-order valence-electron chi connectivity index (χ2n) is 5.14. The minimum absolute atomic E-state index is 0.142. The van der Waals surface area contributed by atoms with Crippen LogP contribution in [0.5, 0.6) is 0 Å². The molecule has 3 rings (SSSR count). The van der Waals surface area contributed by atoms with Gasteiger partial charge < -0.3 is 10.3 Å². The summed E-state index contributed by atoms with van der Waals surface area (Å²) in [4.78, 5) is 27.3. The molecule has 6 heteroatoms. The molecular formula is C17H12BrFN2O2. The van der Waals surface area contributed by atoms with Gasteiger partial charge in [0.05, 0.1) is 5.56 Å². The third-order valence-corrected chi connectivity index (χ3v) is 4.38. The molecule has 0 unspecified atom stereocenters. The van der Waals surface area contributed by atoms with Crippen molar-refractivity contribution in [1.29, 1.82) is 0 Å². The third kappa shape index (κ3) is 3.03. The van der Waals surface area contributed by atoms with E-state index in [0.29, 0.717) is 16.6 Å². The number of ketones is 1. The lowest BCUT2D eigenvalue weighted by molar-refractivity contribution is -0.112. The number of anilines is 1. The minimum Gasteiger partial charge on any atom is -0.360 e. The van der Waals surface area contributed by atoms with Gasteiger partial charge >= 0.3 is 0 Å². The lowest BCUT2D eigenvalue weighted by atomic mass is 10.1. The first-order valence-electron chi connectivity index (χ1n) is 6.84. The molecule has 2 N–H and O–H groups in total. The quantitative estimate of drug-likeness (QED) is 0.533. The van der Waals surface area contributed by atoms with Gasteiger partial charge in [-0.2, -0.15) is 0 Å². The Labute approximate surface area is 139 Å². The lowest BCUT2D eigenvalue weighted by Gasteiger charge is -2.06. The molecule has 0 radical (unpaired) electrons. The summed E-state index contributed by atoms with van der Waals surface area (Å²) < 4.78 is 14.2. The Bertz CT molecular complexity index is 933. The Hall–Kier alpha value is -2.47. The summed E-state index contributed by atoms with van der Waals surface area (Å²) in [6, 6.07) is 9.29. The van der Waals surface area contributed by atoms with Crippen LogP contribution in [-0.2, 0) is 4.79 Å². The van der Waals surface area contributed by atoms with E-state index in [-0.39, 0.29) is 5.56 Å². The van der Waals surface area contributed by atoms with E-state index in [1.54, 1.807) is 12.1 Å². The predicted molar refractivity (Wildman–Crippen MR) is 90.1 cm³/mol. The molecule has 1 amide bonds. The minimum atomic E-state index is -0.772. The van der Waals surface area contributed by atoms with Crippen molar-refractivity contribution in [1.82, 2.24) is 4.98 Å². The van der Waals surface area contributed by atoms with Gasteiger partial charge in [0, 0.05) is 27.3 Å². The molecule has 116 valence electrons. The van der Waals surface area contributed by atoms with Gasteiger partial charge in [-0.1, -0.05) is 22.0 Å². The highest BCUT2D eigenvalue weighted by Crippen LogP contribution is 2.22. The van der Waals surface area contributed by atoms with Crippen molar-refractivity contribution in [2.75, 3.05) is 5.32 Å². The van der Waals surface area contributed by atoms with Crippen molar-refractivity contribution in [3.63, 3.8) is 0 Å². The largest absolute Gasteiger partial charge is 0.360 e. The fraction of sp³-hybridized carbons (Fsp3) is 0.0588. The third-order valence-electron chi connectivity index (χ3n) is 3.52. The highest BCUT2D eigenvalue weighted by molar-refractivity contribution is 9.10. The van der Waals surface area contributed by atoms with Crippen LogP contribution >= 0.6 is 15.9 Å². The molecule has 3 aromatic rings. The van der Waals surface area contributed by atoms with Gasteiger partial charge in [0.2, 0.25) is 0 Å². The second kappa shape index (κ2) is 5.96. The summed E-state index contributed by atoms with van der Waals surface area (Å²) in [5.41, 5.74) is 2.26. The average molecular weight is 375 g/mol. The number of aromatic nitrogens is 1. The number of benzene rings is 2. The van der Waals surface area contributed by atoms with Crippen molar-refractivity contribution in [2.24, 2.45) is 0 Å². The Kier molecular flexibility index (Phi) is 4.00. The number of rotatable bonds is 3. The number of fused-ring (bicyclic) bond motifs is 1. The molecule has 2 aromatic carbocycles. The molecule has 0 saturated carbocycles. The van der Waals surface area contributed by atoms with E-state index in [4.69, 9.17) is 0 Å². The summed E-state index contributed by atoms with van der Waals surface area (Å²) in [5.74, 6) is -1.96. The molecule has 4 nitrogen and oxygen atoms in total. The molecule has 1 heterocycles. The molecule has 0 saturated heterocycles. The van der Waals surface area contributed by atoms with E-state index in [1.165, 1.54) is 24.4 Å². The number of carbonyl (C=O) groups excluding carboxylic acids is 2. The van der Waals surface area contributed by atoms with E-state index in [0.717, 1.165) is 10.0 Å². The highest BCUT2D eigenvalue weighted by Gasteiger charge is 2.20. The summed E-state index contributed by atoms with van der Waals surface area (Å²) in [6.45, 7) is 1.92. The van der Waals surface area contributed by atoms with Gasteiger partial charge in [-0.05, 0) is 42.8 Å². The average Bonchev–Trinajstić information content (AvgIpc) is 2.93. The Morgan fingerprint density at radius 1 is 1.17 bits per heavy atom. The smallest absolute Gasteiger partial charge is 0.296 e. The summed E-state index contributed by atoms with van der Waals surface area (Å²) in [5, 5.41) is 2.94. The van der Waals surface area contributed by atoms with E-state index in [9.17, 15) is 14.0 Å². The maximum absolute atomic E-state index is 13.4. The molecule has 23 heavy (non-hydrogen) atoms. The van der Waals surface area contributed by atoms with Crippen molar-refractivity contribution >= 4 is 44.2 Å².